The van der Waals surface area contributed by atoms with Crippen LogP contribution in [0.25, 0.3) is 10.6 Å². The van der Waals surface area contributed by atoms with E-state index in [0.717, 1.165) is 37.2 Å². The van der Waals surface area contributed by atoms with Crippen LogP contribution in [-0.4, -0.2) is 39.8 Å². The van der Waals surface area contributed by atoms with E-state index in [-0.39, 0.29) is 17.5 Å². The molecule has 25 heavy (non-hydrogen) atoms. The van der Waals surface area contributed by atoms with Gasteiger partial charge in [0.1, 0.15) is 9.88 Å². The second kappa shape index (κ2) is 7.05. The Hall–Kier alpha value is -2.06. The summed E-state index contributed by atoms with van der Waals surface area (Å²) in [5, 5.41) is 11.1. The number of aromatic nitrogens is 3. The highest BCUT2D eigenvalue weighted by Gasteiger charge is 2.23. The minimum absolute atomic E-state index is 0.116. The summed E-state index contributed by atoms with van der Waals surface area (Å²) in [7, 11) is 1.63. The van der Waals surface area contributed by atoms with Crippen LogP contribution in [0.2, 0.25) is 0 Å². The second-order valence-corrected chi connectivity index (χ2v) is 7.46. The zero-order chi connectivity index (χ0) is 18.1. The lowest BCUT2D eigenvalue weighted by Crippen LogP contribution is -2.45. The van der Waals surface area contributed by atoms with Gasteiger partial charge in [0, 0.05) is 19.6 Å². The predicted octanol–water partition coefficient (Wildman–Crippen LogP) is 1.31. The van der Waals surface area contributed by atoms with Crippen molar-refractivity contribution in [3.8, 4) is 10.6 Å². The van der Waals surface area contributed by atoms with Crippen molar-refractivity contribution in [1.82, 2.24) is 25.4 Å². The van der Waals surface area contributed by atoms with Crippen LogP contribution in [0.15, 0.2) is 4.79 Å². The molecule has 1 saturated heterocycles. The number of piperidine rings is 1. The Labute approximate surface area is 150 Å². The molecule has 0 radical (unpaired) electrons. The molecular formula is C17H23N5O2S. The Balaban J connectivity index is 1.93. The first kappa shape index (κ1) is 17.8. The van der Waals surface area contributed by atoms with Crippen LogP contribution in [0.1, 0.15) is 39.5 Å². The van der Waals surface area contributed by atoms with Crippen LogP contribution in [0.5, 0.6) is 0 Å². The third-order valence-electron chi connectivity index (χ3n) is 4.57. The first-order chi connectivity index (χ1) is 11.9. The highest BCUT2D eigenvalue weighted by atomic mass is 32.1. The first-order valence-electron chi connectivity index (χ1n) is 8.42. The summed E-state index contributed by atoms with van der Waals surface area (Å²) in [6.07, 6.45) is 2.04. The van der Waals surface area contributed by atoms with E-state index in [2.05, 4.69) is 20.7 Å². The molecule has 3 heterocycles. The Morgan fingerprint density at radius 1 is 1.32 bits per heavy atom. The summed E-state index contributed by atoms with van der Waals surface area (Å²) >= 11 is 1.27. The first-order valence-corrected chi connectivity index (χ1v) is 9.24. The molecule has 0 aromatic carbocycles. The maximum Gasteiger partial charge on any atom is 0.277 e. The SMILES string of the molecule is Cc1nc(-c2c(C)c(C)nn(C)c2=O)sc1C(=O)NC1CCCNC1. The number of aryl methyl sites for hydroxylation is 3. The molecule has 1 atom stereocenters. The van der Waals surface area contributed by atoms with E-state index >= 15 is 0 Å². The lowest BCUT2D eigenvalue weighted by Gasteiger charge is -2.23. The largest absolute Gasteiger partial charge is 0.347 e. The van der Waals surface area contributed by atoms with Crippen LogP contribution < -0.4 is 16.2 Å². The molecule has 1 fully saturated rings. The third kappa shape index (κ3) is 3.50. The molecule has 0 spiro atoms. The molecule has 3 rings (SSSR count). The Morgan fingerprint density at radius 3 is 2.76 bits per heavy atom. The van der Waals surface area contributed by atoms with Crippen molar-refractivity contribution in [1.29, 1.82) is 0 Å². The number of hydrogen-bond donors (Lipinski definition) is 2. The molecule has 0 saturated carbocycles. The minimum Gasteiger partial charge on any atom is -0.347 e. The molecule has 1 aliphatic rings. The van der Waals surface area contributed by atoms with Gasteiger partial charge < -0.3 is 10.6 Å². The zero-order valence-electron chi connectivity index (χ0n) is 15.0. The molecule has 7 nitrogen and oxygen atoms in total. The Bertz CT molecular complexity index is 865. The van der Waals surface area contributed by atoms with Gasteiger partial charge in [0.15, 0.2) is 0 Å². The average molecular weight is 361 g/mol. The molecule has 1 unspecified atom stereocenters. The third-order valence-corrected chi connectivity index (χ3v) is 5.75. The minimum atomic E-state index is -0.194. The van der Waals surface area contributed by atoms with Crippen LogP contribution in [0, 0.1) is 20.8 Å². The van der Waals surface area contributed by atoms with Gasteiger partial charge in [-0.1, -0.05) is 0 Å². The zero-order valence-corrected chi connectivity index (χ0v) is 15.8. The maximum atomic E-state index is 12.6. The highest BCUT2D eigenvalue weighted by molar-refractivity contribution is 7.17. The van der Waals surface area contributed by atoms with E-state index < -0.39 is 0 Å². The van der Waals surface area contributed by atoms with E-state index in [1.165, 1.54) is 16.0 Å². The van der Waals surface area contributed by atoms with Crippen molar-refractivity contribution in [3.63, 3.8) is 0 Å². The number of hydrogen-bond acceptors (Lipinski definition) is 6. The van der Waals surface area contributed by atoms with Gasteiger partial charge in [0.25, 0.3) is 11.5 Å². The smallest absolute Gasteiger partial charge is 0.277 e. The molecule has 0 aliphatic carbocycles. The predicted molar refractivity (Wildman–Crippen MR) is 98.2 cm³/mol. The molecule has 2 N–H and O–H groups in total. The maximum absolute atomic E-state index is 12.6. The van der Waals surface area contributed by atoms with E-state index in [4.69, 9.17) is 0 Å². The molecule has 1 aliphatic heterocycles. The summed E-state index contributed by atoms with van der Waals surface area (Å²) in [4.78, 5) is 30.2. The average Bonchev–Trinajstić information content (AvgIpc) is 2.96. The lowest BCUT2D eigenvalue weighted by atomic mass is 10.1. The van der Waals surface area contributed by atoms with Crippen LogP contribution in [0.3, 0.4) is 0 Å². The van der Waals surface area contributed by atoms with Gasteiger partial charge >= 0.3 is 0 Å². The van der Waals surface area contributed by atoms with E-state index in [1.807, 2.05) is 20.8 Å². The van der Waals surface area contributed by atoms with Crippen LogP contribution >= 0.6 is 11.3 Å². The molecule has 134 valence electrons. The summed E-state index contributed by atoms with van der Waals surface area (Å²) in [6.45, 7) is 7.33. The van der Waals surface area contributed by atoms with Gasteiger partial charge in [-0.25, -0.2) is 9.67 Å². The number of carbonyl (C=O) groups excluding carboxylic acids is 1. The summed E-state index contributed by atoms with van der Waals surface area (Å²) in [5.41, 5.74) is 2.57. The van der Waals surface area contributed by atoms with E-state index in [0.29, 0.717) is 21.1 Å². The summed E-state index contributed by atoms with van der Waals surface area (Å²) in [6, 6.07) is 0.143. The fourth-order valence-electron chi connectivity index (χ4n) is 3.04. The quantitative estimate of drug-likeness (QED) is 0.860. The van der Waals surface area contributed by atoms with Gasteiger partial charge in [-0.05, 0) is 45.7 Å². The Morgan fingerprint density at radius 2 is 2.08 bits per heavy atom. The number of amides is 1. The molecule has 0 bridgehead atoms. The van der Waals surface area contributed by atoms with Gasteiger partial charge in [0.2, 0.25) is 0 Å². The summed E-state index contributed by atoms with van der Waals surface area (Å²) < 4.78 is 1.32. The number of rotatable bonds is 3. The molecule has 2 aromatic heterocycles. The molecule has 1 amide bonds. The fraction of sp³-hybridized carbons (Fsp3) is 0.529. The van der Waals surface area contributed by atoms with Crippen LogP contribution in [-0.2, 0) is 7.05 Å². The van der Waals surface area contributed by atoms with Crippen LogP contribution in [0.4, 0.5) is 0 Å². The van der Waals surface area contributed by atoms with Crippen molar-refractivity contribution < 1.29 is 4.79 Å². The normalized spacial score (nSPS) is 17.5. The lowest BCUT2D eigenvalue weighted by molar-refractivity contribution is 0.0934. The van der Waals surface area contributed by atoms with Gasteiger partial charge in [-0.2, -0.15) is 5.10 Å². The number of thiazole rings is 1. The monoisotopic (exact) mass is 361 g/mol. The van der Waals surface area contributed by atoms with Gasteiger partial charge in [-0.15, -0.1) is 11.3 Å². The van der Waals surface area contributed by atoms with E-state index in [9.17, 15) is 9.59 Å². The number of carbonyl (C=O) groups is 1. The second-order valence-electron chi connectivity index (χ2n) is 6.46. The van der Waals surface area contributed by atoms with Crippen molar-refractivity contribution in [2.45, 2.75) is 39.7 Å². The summed E-state index contributed by atoms with van der Waals surface area (Å²) in [5.74, 6) is -0.116. The molecular weight excluding hydrogens is 338 g/mol. The van der Waals surface area contributed by atoms with Gasteiger partial charge in [0.05, 0.1) is 17.0 Å². The van der Waals surface area contributed by atoms with Crippen molar-refractivity contribution >= 4 is 17.2 Å². The molecule has 8 heteroatoms. The fourth-order valence-corrected chi connectivity index (χ4v) is 4.10. The Kier molecular flexibility index (Phi) is 5.01. The van der Waals surface area contributed by atoms with E-state index in [1.54, 1.807) is 7.05 Å². The van der Waals surface area contributed by atoms with Gasteiger partial charge in [-0.3, -0.25) is 9.59 Å². The highest BCUT2D eigenvalue weighted by Crippen LogP contribution is 2.28. The number of nitrogens with one attached hydrogen (secondary N) is 2. The van der Waals surface area contributed by atoms with Crippen molar-refractivity contribution in [2.75, 3.05) is 13.1 Å². The van der Waals surface area contributed by atoms with Crippen molar-refractivity contribution in [2.24, 2.45) is 7.05 Å². The topological polar surface area (TPSA) is 88.9 Å². The number of nitrogens with zero attached hydrogens (tertiary/aromatic N) is 3. The standard InChI is InChI=1S/C17H23N5O2S/c1-9-10(2)21-22(4)17(24)13(9)16-19-11(3)14(25-16)15(23)20-12-6-5-7-18-8-12/h12,18H,5-8H2,1-4H3,(H,20,23). The molecule has 2 aromatic rings. The van der Waals surface area contributed by atoms with Crippen molar-refractivity contribution in [3.05, 3.63) is 32.2 Å².